The molecule has 0 atom stereocenters. The zero-order valence-corrected chi connectivity index (χ0v) is 14.2. The molecule has 0 spiro atoms. The van der Waals surface area contributed by atoms with E-state index in [9.17, 15) is 8.42 Å². The molecule has 5 nitrogen and oxygen atoms in total. The number of para-hydroxylation sites is 1. The first-order chi connectivity index (χ1) is 11.1. The van der Waals surface area contributed by atoms with Crippen LogP contribution >= 0.6 is 0 Å². The van der Waals surface area contributed by atoms with E-state index in [4.69, 9.17) is 0 Å². The fourth-order valence-corrected chi connectivity index (χ4v) is 4.54. The summed E-state index contributed by atoms with van der Waals surface area (Å²) < 4.78 is 28.6. The summed E-state index contributed by atoms with van der Waals surface area (Å²) in [4.78, 5) is 4.41. The first-order valence-electron chi connectivity index (χ1n) is 8.20. The smallest absolute Gasteiger partial charge is 0.256 e. The molecule has 1 N–H and O–H groups in total. The fourth-order valence-electron chi connectivity index (χ4n) is 3.20. The van der Waals surface area contributed by atoms with E-state index < -0.39 is 10.2 Å². The van der Waals surface area contributed by atoms with Gasteiger partial charge in [0.25, 0.3) is 10.2 Å². The van der Waals surface area contributed by atoms with E-state index in [1.807, 2.05) is 31.3 Å². The molecule has 1 saturated heterocycles. The summed E-state index contributed by atoms with van der Waals surface area (Å²) in [6.07, 6.45) is 4.35. The molecule has 124 valence electrons. The molecule has 0 bridgehead atoms. The molecule has 0 aliphatic carbocycles. The van der Waals surface area contributed by atoms with E-state index in [-0.39, 0.29) is 0 Å². The number of hydrogen-bond acceptors (Lipinski definition) is 3. The van der Waals surface area contributed by atoms with Crippen LogP contribution < -0.4 is 4.72 Å². The Morgan fingerprint density at radius 2 is 1.96 bits per heavy atom. The van der Waals surface area contributed by atoms with Crippen LogP contribution in [0.2, 0.25) is 0 Å². The molecule has 1 aromatic heterocycles. The maximum atomic E-state index is 12.2. The molecule has 2 aromatic rings. The molecule has 1 aromatic carbocycles. The molecule has 3 rings (SSSR count). The predicted molar refractivity (Wildman–Crippen MR) is 92.5 cm³/mol. The highest BCUT2D eigenvalue weighted by molar-refractivity contribution is 7.87. The number of nitrogens with zero attached hydrogens (tertiary/aromatic N) is 2. The maximum absolute atomic E-state index is 12.2. The minimum absolute atomic E-state index is 0.389. The SMILES string of the molecule is CCCNS(=O)(=O)N1CCC(c2ccnc3ccccc23)CC1. The van der Waals surface area contributed by atoms with Gasteiger partial charge in [0.15, 0.2) is 0 Å². The number of pyridine rings is 1. The largest absolute Gasteiger partial charge is 0.279 e. The third kappa shape index (κ3) is 3.54. The van der Waals surface area contributed by atoms with Crippen molar-refractivity contribution in [1.29, 1.82) is 0 Å². The van der Waals surface area contributed by atoms with Gasteiger partial charge in [-0.15, -0.1) is 0 Å². The van der Waals surface area contributed by atoms with Crippen molar-refractivity contribution in [2.24, 2.45) is 0 Å². The summed E-state index contributed by atoms with van der Waals surface area (Å²) in [5.41, 5.74) is 2.29. The lowest BCUT2D eigenvalue weighted by atomic mass is 9.88. The van der Waals surface area contributed by atoms with Gasteiger partial charge in [0.05, 0.1) is 5.52 Å². The van der Waals surface area contributed by atoms with Crippen molar-refractivity contribution < 1.29 is 8.42 Å². The van der Waals surface area contributed by atoms with Crippen LogP contribution in [0.1, 0.15) is 37.7 Å². The second kappa shape index (κ2) is 6.95. The Kier molecular flexibility index (Phi) is 4.94. The molecule has 0 saturated carbocycles. The zero-order chi connectivity index (χ0) is 16.3. The Hall–Kier alpha value is -1.50. The zero-order valence-electron chi connectivity index (χ0n) is 13.4. The molecular formula is C17H23N3O2S. The fraction of sp³-hybridized carbons (Fsp3) is 0.471. The number of benzene rings is 1. The standard InChI is InChI=1S/C17H23N3O2S/c1-2-10-19-23(21,22)20-12-8-14(9-13-20)15-7-11-18-17-6-4-3-5-16(15)17/h3-7,11,14,19H,2,8-10,12-13H2,1H3. The van der Waals surface area contributed by atoms with E-state index in [0.29, 0.717) is 25.6 Å². The van der Waals surface area contributed by atoms with Gasteiger partial charge in [0.2, 0.25) is 0 Å². The van der Waals surface area contributed by atoms with Crippen molar-refractivity contribution in [2.45, 2.75) is 32.1 Å². The van der Waals surface area contributed by atoms with Crippen LogP contribution in [0.5, 0.6) is 0 Å². The van der Waals surface area contributed by atoms with Crippen molar-refractivity contribution in [2.75, 3.05) is 19.6 Å². The lowest BCUT2D eigenvalue weighted by Gasteiger charge is -2.31. The first-order valence-corrected chi connectivity index (χ1v) is 9.64. The molecule has 0 radical (unpaired) electrons. The van der Waals surface area contributed by atoms with Crippen LogP contribution in [0.15, 0.2) is 36.5 Å². The van der Waals surface area contributed by atoms with Gasteiger partial charge in [-0.2, -0.15) is 12.7 Å². The maximum Gasteiger partial charge on any atom is 0.279 e. The summed E-state index contributed by atoms with van der Waals surface area (Å²) >= 11 is 0. The Morgan fingerprint density at radius 1 is 1.22 bits per heavy atom. The summed E-state index contributed by atoms with van der Waals surface area (Å²) in [6, 6.07) is 10.2. The van der Waals surface area contributed by atoms with E-state index in [1.54, 1.807) is 4.31 Å². The number of nitrogens with one attached hydrogen (secondary N) is 1. The van der Waals surface area contributed by atoms with E-state index in [2.05, 4.69) is 21.8 Å². The van der Waals surface area contributed by atoms with Gasteiger partial charge >= 0.3 is 0 Å². The highest BCUT2D eigenvalue weighted by Gasteiger charge is 2.28. The quantitative estimate of drug-likeness (QED) is 0.915. The van der Waals surface area contributed by atoms with Crippen LogP contribution in [-0.2, 0) is 10.2 Å². The summed E-state index contributed by atoms with van der Waals surface area (Å²) in [5, 5.41) is 1.18. The molecular weight excluding hydrogens is 310 g/mol. The molecule has 1 fully saturated rings. The average Bonchev–Trinajstić information content (AvgIpc) is 2.60. The van der Waals surface area contributed by atoms with Crippen molar-refractivity contribution in [3.05, 3.63) is 42.1 Å². The summed E-state index contributed by atoms with van der Waals surface area (Å²) in [5.74, 6) is 0.389. The molecule has 0 unspecified atom stereocenters. The Morgan fingerprint density at radius 3 is 2.70 bits per heavy atom. The van der Waals surface area contributed by atoms with Crippen molar-refractivity contribution in [3.8, 4) is 0 Å². The minimum Gasteiger partial charge on any atom is -0.256 e. The van der Waals surface area contributed by atoms with E-state index in [1.165, 1.54) is 10.9 Å². The Bertz CT molecular complexity index is 763. The lowest BCUT2D eigenvalue weighted by Crippen LogP contribution is -2.44. The summed E-state index contributed by atoms with van der Waals surface area (Å²) in [6.45, 7) is 3.60. The number of hydrogen-bond donors (Lipinski definition) is 1. The van der Waals surface area contributed by atoms with Crippen LogP contribution in [0, 0.1) is 0 Å². The number of fused-ring (bicyclic) bond motifs is 1. The highest BCUT2D eigenvalue weighted by Crippen LogP contribution is 2.32. The number of rotatable bonds is 5. The van der Waals surface area contributed by atoms with Crippen molar-refractivity contribution in [1.82, 2.24) is 14.0 Å². The third-order valence-electron chi connectivity index (χ3n) is 4.45. The van der Waals surface area contributed by atoms with Crippen LogP contribution in [0.4, 0.5) is 0 Å². The molecule has 1 aliphatic heterocycles. The van der Waals surface area contributed by atoms with Gasteiger partial charge in [-0.05, 0) is 42.9 Å². The number of piperidine rings is 1. The first kappa shape index (κ1) is 16.4. The molecule has 0 amide bonds. The predicted octanol–water partition coefficient (Wildman–Crippen LogP) is 2.66. The second-order valence-electron chi connectivity index (χ2n) is 5.99. The lowest BCUT2D eigenvalue weighted by molar-refractivity contribution is 0.316. The van der Waals surface area contributed by atoms with Gasteiger partial charge in [0, 0.05) is 31.2 Å². The van der Waals surface area contributed by atoms with Crippen LogP contribution in [0.25, 0.3) is 10.9 Å². The van der Waals surface area contributed by atoms with Gasteiger partial charge in [-0.25, -0.2) is 4.72 Å². The van der Waals surface area contributed by atoms with Crippen molar-refractivity contribution >= 4 is 21.1 Å². The molecule has 1 aliphatic rings. The van der Waals surface area contributed by atoms with Crippen LogP contribution in [-0.4, -0.2) is 37.3 Å². The Balaban J connectivity index is 1.74. The van der Waals surface area contributed by atoms with Gasteiger partial charge < -0.3 is 0 Å². The third-order valence-corrected chi connectivity index (χ3v) is 6.06. The average molecular weight is 333 g/mol. The minimum atomic E-state index is -3.32. The van der Waals surface area contributed by atoms with E-state index >= 15 is 0 Å². The van der Waals surface area contributed by atoms with Gasteiger partial charge in [0.1, 0.15) is 0 Å². The van der Waals surface area contributed by atoms with E-state index in [0.717, 1.165) is 24.8 Å². The molecule has 2 heterocycles. The molecule has 6 heteroatoms. The highest BCUT2D eigenvalue weighted by atomic mass is 32.2. The van der Waals surface area contributed by atoms with Crippen molar-refractivity contribution in [3.63, 3.8) is 0 Å². The van der Waals surface area contributed by atoms with Crippen LogP contribution in [0.3, 0.4) is 0 Å². The van der Waals surface area contributed by atoms with Gasteiger partial charge in [-0.3, -0.25) is 4.98 Å². The summed E-state index contributed by atoms with van der Waals surface area (Å²) in [7, 11) is -3.32. The second-order valence-corrected chi connectivity index (χ2v) is 7.75. The monoisotopic (exact) mass is 333 g/mol. The Labute approximate surface area is 137 Å². The topological polar surface area (TPSA) is 62.3 Å². The normalized spacial score (nSPS) is 17.6. The number of aromatic nitrogens is 1. The van der Waals surface area contributed by atoms with Gasteiger partial charge in [-0.1, -0.05) is 25.1 Å². The molecule has 23 heavy (non-hydrogen) atoms.